The van der Waals surface area contributed by atoms with Crippen LogP contribution in [0.2, 0.25) is 0 Å². The summed E-state index contributed by atoms with van der Waals surface area (Å²) < 4.78 is 12.9. The van der Waals surface area contributed by atoms with Crippen molar-refractivity contribution in [2.45, 2.75) is 6.92 Å². The molecule has 100 valence electrons. The Kier molecular flexibility index (Phi) is 4.24. The van der Waals surface area contributed by atoms with Crippen LogP contribution in [0.15, 0.2) is 24.3 Å². The summed E-state index contributed by atoms with van der Waals surface area (Å²) in [5.41, 5.74) is 6.81. The highest BCUT2D eigenvalue weighted by molar-refractivity contribution is 7.17. The van der Waals surface area contributed by atoms with E-state index in [1.54, 1.807) is 19.1 Å². The molecule has 19 heavy (non-hydrogen) atoms. The monoisotopic (exact) mass is 279 g/mol. The molecule has 0 aliphatic rings. The second-order valence-corrected chi connectivity index (χ2v) is 4.98. The van der Waals surface area contributed by atoms with Gasteiger partial charge in [-0.15, -0.1) is 11.3 Å². The molecule has 1 amide bonds. The fourth-order valence-electron chi connectivity index (χ4n) is 1.59. The highest BCUT2D eigenvalue weighted by Crippen LogP contribution is 2.27. The number of hydrogen-bond acceptors (Lipinski definition) is 4. The van der Waals surface area contributed by atoms with Gasteiger partial charge in [-0.2, -0.15) is 0 Å². The molecule has 0 unspecified atom stereocenters. The molecule has 3 N–H and O–H groups in total. The normalized spacial score (nSPS) is 10.5. The molecule has 0 fully saturated rings. The number of carbonyl (C=O) groups is 1. The van der Waals surface area contributed by atoms with E-state index in [0.717, 1.165) is 5.56 Å². The second kappa shape index (κ2) is 5.90. The van der Waals surface area contributed by atoms with Gasteiger partial charge in [-0.1, -0.05) is 0 Å². The predicted octanol–water partition coefficient (Wildman–Crippen LogP) is 1.95. The van der Waals surface area contributed by atoms with Crippen molar-refractivity contribution in [3.63, 3.8) is 0 Å². The Morgan fingerprint density at radius 1 is 1.42 bits per heavy atom. The van der Waals surface area contributed by atoms with Crippen LogP contribution in [-0.2, 0) is 0 Å². The number of aromatic nitrogens is 1. The van der Waals surface area contributed by atoms with E-state index in [1.165, 1.54) is 23.5 Å². The quantitative estimate of drug-likeness (QED) is 0.898. The zero-order valence-electron chi connectivity index (χ0n) is 10.4. The van der Waals surface area contributed by atoms with E-state index in [0.29, 0.717) is 28.7 Å². The van der Waals surface area contributed by atoms with Crippen LogP contribution in [-0.4, -0.2) is 24.0 Å². The number of hydrogen-bond donors (Lipinski definition) is 2. The molecular weight excluding hydrogens is 265 g/mol. The van der Waals surface area contributed by atoms with Gasteiger partial charge in [0.2, 0.25) is 0 Å². The van der Waals surface area contributed by atoms with Gasteiger partial charge < -0.3 is 11.1 Å². The minimum atomic E-state index is -0.294. The van der Waals surface area contributed by atoms with Crippen molar-refractivity contribution < 1.29 is 9.18 Å². The Balaban J connectivity index is 2.25. The first-order chi connectivity index (χ1) is 9.11. The molecule has 0 spiro atoms. The van der Waals surface area contributed by atoms with Gasteiger partial charge in [0.15, 0.2) is 0 Å². The summed E-state index contributed by atoms with van der Waals surface area (Å²) in [6.07, 6.45) is 0. The van der Waals surface area contributed by atoms with E-state index >= 15 is 0 Å². The van der Waals surface area contributed by atoms with Gasteiger partial charge in [0.1, 0.15) is 15.7 Å². The third-order valence-corrected chi connectivity index (χ3v) is 3.73. The first-order valence-electron chi connectivity index (χ1n) is 5.83. The Hall–Kier alpha value is -1.79. The predicted molar refractivity (Wildman–Crippen MR) is 73.6 cm³/mol. The van der Waals surface area contributed by atoms with Gasteiger partial charge in [0.05, 0.1) is 5.69 Å². The molecule has 6 heteroatoms. The van der Waals surface area contributed by atoms with Crippen LogP contribution in [0.1, 0.15) is 15.4 Å². The SMILES string of the molecule is Cc1nc(-c2ccc(F)cc2)sc1C(=O)NCCN. The lowest BCUT2D eigenvalue weighted by Gasteiger charge is -2.00. The molecule has 1 aromatic heterocycles. The van der Waals surface area contributed by atoms with Gasteiger partial charge >= 0.3 is 0 Å². The molecular formula is C13H14FN3OS. The fourth-order valence-corrected chi connectivity index (χ4v) is 2.58. The number of carbonyl (C=O) groups excluding carboxylic acids is 1. The number of thiazole rings is 1. The molecule has 1 heterocycles. The number of rotatable bonds is 4. The number of nitrogens with two attached hydrogens (primary N) is 1. The van der Waals surface area contributed by atoms with Gasteiger partial charge in [-0.3, -0.25) is 4.79 Å². The smallest absolute Gasteiger partial charge is 0.263 e. The lowest BCUT2D eigenvalue weighted by Crippen LogP contribution is -2.28. The standard InChI is InChI=1S/C13H14FN3OS/c1-8-11(12(18)16-7-6-15)19-13(17-8)9-2-4-10(14)5-3-9/h2-5H,6-7,15H2,1H3,(H,16,18). The molecule has 0 atom stereocenters. The summed E-state index contributed by atoms with van der Waals surface area (Å²) >= 11 is 1.29. The van der Waals surface area contributed by atoms with Gasteiger partial charge in [-0.25, -0.2) is 9.37 Å². The summed E-state index contributed by atoms with van der Waals surface area (Å²) in [6.45, 7) is 2.61. The molecule has 0 saturated heterocycles. The summed E-state index contributed by atoms with van der Waals surface area (Å²) in [5.74, 6) is -0.466. The van der Waals surface area contributed by atoms with Crippen molar-refractivity contribution in [2.24, 2.45) is 5.73 Å². The average Bonchev–Trinajstić information content (AvgIpc) is 2.79. The van der Waals surface area contributed by atoms with Crippen LogP contribution in [0.3, 0.4) is 0 Å². The maximum Gasteiger partial charge on any atom is 0.263 e. The first kappa shape index (κ1) is 13.6. The third-order valence-electron chi connectivity index (χ3n) is 2.52. The minimum Gasteiger partial charge on any atom is -0.350 e. The zero-order chi connectivity index (χ0) is 13.8. The Bertz CT molecular complexity index is 580. The van der Waals surface area contributed by atoms with E-state index in [4.69, 9.17) is 5.73 Å². The van der Waals surface area contributed by atoms with Crippen LogP contribution in [0.25, 0.3) is 10.6 Å². The average molecular weight is 279 g/mol. The molecule has 0 radical (unpaired) electrons. The van der Waals surface area contributed by atoms with Crippen molar-refractivity contribution in [3.05, 3.63) is 40.7 Å². The van der Waals surface area contributed by atoms with Crippen molar-refractivity contribution in [1.29, 1.82) is 0 Å². The molecule has 2 aromatic rings. The van der Waals surface area contributed by atoms with Crippen LogP contribution >= 0.6 is 11.3 Å². The molecule has 1 aromatic carbocycles. The largest absolute Gasteiger partial charge is 0.350 e. The molecule has 2 rings (SSSR count). The number of aryl methyl sites for hydroxylation is 1. The summed E-state index contributed by atoms with van der Waals surface area (Å²) in [5, 5.41) is 3.41. The third kappa shape index (κ3) is 3.15. The van der Waals surface area contributed by atoms with Crippen molar-refractivity contribution in [1.82, 2.24) is 10.3 Å². The molecule has 0 saturated carbocycles. The number of benzene rings is 1. The van der Waals surface area contributed by atoms with Crippen molar-refractivity contribution in [2.75, 3.05) is 13.1 Å². The van der Waals surface area contributed by atoms with Crippen LogP contribution in [0.5, 0.6) is 0 Å². The van der Waals surface area contributed by atoms with Crippen LogP contribution < -0.4 is 11.1 Å². The maximum absolute atomic E-state index is 12.9. The molecule has 0 aliphatic heterocycles. The highest BCUT2D eigenvalue weighted by Gasteiger charge is 2.15. The van der Waals surface area contributed by atoms with E-state index in [-0.39, 0.29) is 11.7 Å². The maximum atomic E-state index is 12.9. The minimum absolute atomic E-state index is 0.172. The molecule has 0 aliphatic carbocycles. The van der Waals surface area contributed by atoms with E-state index in [2.05, 4.69) is 10.3 Å². The lowest BCUT2D eigenvalue weighted by molar-refractivity contribution is 0.0958. The van der Waals surface area contributed by atoms with Crippen molar-refractivity contribution >= 4 is 17.2 Å². The summed E-state index contributed by atoms with van der Waals surface area (Å²) in [7, 11) is 0. The van der Waals surface area contributed by atoms with Crippen LogP contribution in [0.4, 0.5) is 4.39 Å². The van der Waals surface area contributed by atoms with Gasteiger partial charge in [0, 0.05) is 18.7 Å². The van der Waals surface area contributed by atoms with Gasteiger partial charge in [0.25, 0.3) is 5.91 Å². The summed E-state index contributed by atoms with van der Waals surface area (Å²) in [6, 6.07) is 6.05. The number of amides is 1. The van der Waals surface area contributed by atoms with E-state index in [1.807, 2.05) is 0 Å². The van der Waals surface area contributed by atoms with E-state index in [9.17, 15) is 9.18 Å². The Morgan fingerprint density at radius 2 is 2.11 bits per heavy atom. The fraction of sp³-hybridized carbons (Fsp3) is 0.231. The molecule has 0 bridgehead atoms. The number of nitrogens with zero attached hydrogens (tertiary/aromatic N) is 1. The topological polar surface area (TPSA) is 68.0 Å². The molecule has 4 nitrogen and oxygen atoms in total. The number of halogens is 1. The first-order valence-corrected chi connectivity index (χ1v) is 6.65. The van der Waals surface area contributed by atoms with E-state index < -0.39 is 0 Å². The lowest BCUT2D eigenvalue weighted by atomic mass is 10.2. The second-order valence-electron chi connectivity index (χ2n) is 3.99. The Morgan fingerprint density at radius 3 is 2.74 bits per heavy atom. The van der Waals surface area contributed by atoms with Gasteiger partial charge in [-0.05, 0) is 31.2 Å². The number of nitrogens with one attached hydrogen (secondary N) is 1. The Labute approximate surface area is 114 Å². The summed E-state index contributed by atoms with van der Waals surface area (Å²) in [4.78, 5) is 16.8. The van der Waals surface area contributed by atoms with Crippen molar-refractivity contribution in [3.8, 4) is 10.6 Å². The van der Waals surface area contributed by atoms with Crippen LogP contribution in [0, 0.1) is 12.7 Å². The highest BCUT2D eigenvalue weighted by atomic mass is 32.1. The zero-order valence-corrected chi connectivity index (χ0v) is 11.3.